The summed E-state index contributed by atoms with van der Waals surface area (Å²) >= 11 is 0. The van der Waals surface area contributed by atoms with E-state index in [9.17, 15) is 4.79 Å². The Kier molecular flexibility index (Phi) is 2.76. The number of hydrogen-bond donors (Lipinski definition) is 0. The number of fused-ring (bicyclic) bond motifs is 5. The van der Waals surface area contributed by atoms with Gasteiger partial charge in [-0.1, -0.05) is 32.8 Å². The summed E-state index contributed by atoms with van der Waals surface area (Å²) in [5.41, 5.74) is 0.543. The van der Waals surface area contributed by atoms with Crippen LogP contribution >= 0.6 is 0 Å². The molecule has 0 N–H and O–H groups in total. The normalized spacial score (nSPS) is 54.2. The van der Waals surface area contributed by atoms with Gasteiger partial charge in [0.05, 0.1) is 0 Å². The number of carbonyl (C=O) groups is 1. The van der Waals surface area contributed by atoms with Crippen molar-refractivity contribution in [1.29, 1.82) is 0 Å². The molecule has 3 fully saturated rings. The van der Waals surface area contributed by atoms with Gasteiger partial charge in [-0.2, -0.15) is 0 Å². The standard InChI is InChI=1S/C19H28O/c1-18-11-4-3-5-13(18)6-7-14-15-8-9-17(20)19(15,2)12-10-16(14)18/h8-9,13-16H,3-7,10-12H2,1-2H3/t13-,14+,15-,16+,18+,19+/m1/s1. The van der Waals surface area contributed by atoms with E-state index in [1.165, 1.54) is 44.9 Å². The van der Waals surface area contributed by atoms with Gasteiger partial charge >= 0.3 is 0 Å². The third kappa shape index (κ3) is 1.53. The average molecular weight is 272 g/mol. The summed E-state index contributed by atoms with van der Waals surface area (Å²) in [5.74, 6) is 3.61. The SMILES string of the molecule is C[C@]12CCCC[C@@H]1CC[C@H]1[C@H]3C=CC(=O)[C@@]3(C)CC[C@@H]12. The number of ketones is 1. The molecule has 0 heterocycles. The lowest BCUT2D eigenvalue weighted by Crippen LogP contribution is -2.52. The molecule has 1 nitrogen and oxygen atoms in total. The van der Waals surface area contributed by atoms with E-state index in [0.29, 0.717) is 17.1 Å². The highest BCUT2D eigenvalue weighted by Crippen LogP contribution is 2.64. The molecule has 20 heavy (non-hydrogen) atoms. The summed E-state index contributed by atoms with van der Waals surface area (Å²) in [6, 6.07) is 0. The van der Waals surface area contributed by atoms with Crippen molar-refractivity contribution in [1.82, 2.24) is 0 Å². The minimum Gasteiger partial charge on any atom is -0.294 e. The molecule has 0 saturated heterocycles. The van der Waals surface area contributed by atoms with Crippen LogP contribution in [0.1, 0.15) is 65.2 Å². The van der Waals surface area contributed by atoms with E-state index in [2.05, 4.69) is 19.9 Å². The van der Waals surface area contributed by atoms with E-state index in [4.69, 9.17) is 0 Å². The molecule has 1 heteroatoms. The van der Waals surface area contributed by atoms with Crippen molar-refractivity contribution in [3.05, 3.63) is 12.2 Å². The largest absolute Gasteiger partial charge is 0.294 e. The van der Waals surface area contributed by atoms with Crippen molar-refractivity contribution in [2.45, 2.75) is 65.2 Å². The quantitative estimate of drug-likeness (QED) is 0.621. The first kappa shape index (κ1) is 13.1. The van der Waals surface area contributed by atoms with Crippen LogP contribution in [0.2, 0.25) is 0 Å². The summed E-state index contributed by atoms with van der Waals surface area (Å²) in [6.45, 7) is 4.84. The molecule has 4 aliphatic rings. The van der Waals surface area contributed by atoms with E-state index < -0.39 is 0 Å². The molecule has 0 aromatic rings. The Balaban J connectivity index is 1.68. The maximum atomic E-state index is 12.3. The van der Waals surface area contributed by atoms with Crippen molar-refractivity contribution >= 4 is 5.78 Å². The molecule has 4 rings (SSSR count). The second-order valence-electron chi connectivity index (χ2n) is 8.50. The maximum absolute atomic E-state index is 12.3. The predicted octanol–water partition coefficient (Wildman–Crippen LogP) is 4.76. The third-order valence-electron chi connectivity index (χ3n) is 7.85. The molecule has 0 spiro atoms. The highest BCUT2D eigenvalue weighted by atomic mass is 16.1. The van der Waals surface area contributed by atoms with Gasteiger partial charge in [-0.3, -0.25) is 4.79 Å². The minimum absolute atomic E-state index is 0.0426. The monoisotopic (exact) mass is 272 g/mol. The lowest BCUT2D eigenvalue weighted by molar-refractivity contribution is -0.136. The Morgan fingerprint density at radius 1 is 1.05 bits per heavy atom. The topological polar surface area (TPSA) is 17.1 Å². The molecule has 6 atom stereocenters. The first-order valence-electron chi connectivity index (χ1n) is 8.78. The van der Waals surface area contributed by atoms with Gasteiger partial charge in [0.2, 0.25) is 0 Å². The van der Waals surface area contributed by atoms with Gasteiger partial charge < -0.3 is 0 Å². The Morgan fingerprint density at radius 2 is 1.90 bits per heavy atom. The Bertz CT molecular complexity index is 464. The van der Waals surface area contributed by atoms with Crippen molar-refractivity contribution in [3.8, 4) is 0 Å². The molecule has 0 aromatic carbocycles. The molecule has 0 unspecified atom stereocenters. The third-order valence-corrected chi connectivity index (χ3v) is 7.85. The zero-order valence-electron chi connectivity index (χ0n) is 13.0. The van der Waals surface area contributed by atoms with Crippen LogP contribution in [0.3, 0.4) is 0 Å². The van der Waals surface area contributed by atoms with Gasteiger partial charge in [0, 0.05) is 5.41 Å². The predicted molar refractivity (Wildman–Crippen MR) is 81.3 cm³/mol. The van der Waals surface area contributed by atoms with Gasteiger partial charge in [-0.25, -0.2) is 0 Å². The van der Waals surface area contributed by atoms with E-state index in [1.54, 1.807) is 0 Å². The van der Waals surface area contributed by atoms with Crippen LogP contribution < -0.4 is 0 Å². The molecule has 0 amide bonds. The fourth-order valence-corrected chi connectivity index (χ4v) is 6.57. The van der Waals surface area contributed by atoms with Crippen LogP contribution in [-0.2, 0) is 4.79 Å². The van der Waals surface area contributed by atoms with Crippen molar-refractivity contribution in [2.24, 2.45) is 34.5 Å². The van der Waals surface area contributed by atoms with Crippen molar-refractivity contribution < 1.29 is 4.79 Å². The summed E-state index contributed by atoms with van der Waals surface area (Å²) in [6.07, 6.45) is 15.2. The Hall–Kier alpha value is -0.590. The fraction of sp³-hybridized carbons (Fsp3) is 0.842. The van der Waals surface area contributed by atoms with Crippen molar-refractivity contribution in [2.75, 3.05) is 0 Å². The first-order valence-corrected chi connectivity index (χ1v) is 8.78. The van der Waals surface area contributed by atoms with Gasteiger partial charge in [0.1, 0.15) is 0 Å². The number of carbonyl (C=O) groups excluding carboxylic acids is 1. The zero-order valence-corrected chi connectivity index (χ0v) is 13.0. The van der Waals surface area contributed by atoms with Crippen molar-refractivity contribution in [3.63, 3.8) is 0 Å². The van der Waals surface area contributed by atoms with Crippen LogP contribution in [0.25, 0.3) is 0 Å². The minimum atomic E-state index is -0.0426. The number of rotatable bonds is 0. The second kappa shape index (κ2) is 4.21. The fourth-order valence-electron chi connectivity index (χ4n) is 6.57. The zero-order chi connectivity index (χ0) is 14.0. The van der Waals surface area contributed by atoms with Crippen LogP contribution in [0, 0.1) is 34.5 Å². The van der Waals surface area contributed by atoms with Gasteiger partial charge in [-0.05, 0) is 73.7 Å². The molecular weight excluding hydrogens is 244 g/mol. The smallest absolute Gasteiger partial charge is 0.161 e. The molecule has 0 aromatic heterocycles. The van der Waals surface area contributed by atoms with Crippen LogP contribution in [0.15, 0.2) is 12.2 Å². The molecule has 0 bridgehead atoms. The molecule has 0 radical (unpaired) electrons. The lowest BCUT2D eigenvalue weighted by atomic mass is 9.45. The Morgan fingerprint density at radius 3 is 2.75 bits per heavy atom. The Labute approximate surface area is 123 Å². The van der Waals surface area contributed by atoms with E-state index in [1.807, 2.05) is 6.08 Å². The molecule has 0 aliphatic heterocycles. The van der Waals surface area contributed by atoms with E-state index in [0.717, 1.165) is 24.2 Å². The average Bonchev–Trinajstić information content (AvgIpc) is 2.74. The van der Waals surface area contributed by atoms with E-state index >= 15 is 0 Å². The lowest BCUT2D eigenvalue weighted by Gasteiger charge is -2.59. The van der Waals surface area contributed by atoms with Crippen LogP contribution in [0.5, 0.6) is 0 Å². The summed E-state index contributed by atoms with van der Waals surface area (Å²) in [4.78, 5) is 12.3. The van der Waals surface area contributed by atoms with Gasteiger partial charge in [0.15, 0.2) is 5.78 Å². The van der Waals surface area contributed by atoms with Crippen LogP contribution in [-0.4, -0.2) is 5.78 Å². The molecular formula is C19H28O. The summed E-state index contributed by atoms with van der Waals surface area (Å²) in [7, 11) is 0. The maximum Gasteiger partial charge on any atom is 0.161 e. The summed E-state index contributed by atoms with van der Waals surface area (Å²) in [5, 5.41) is 0. The molecule has 110 valence electrons. The molecule has 3 saturated carbocycles. The highest BCUT2D eigenvalue weighted by Gasteiger charge is 2.58. The summed E-state index contributed by atoms with van der Waals surface area (Å²) < 4.78 is 0. The van der Waals surface area contributed by atoms with Crippen LogP contribution in [0.4, 0.5) is 0 Å². The number of allylic oxidation sites excluding steroid dienone is 2. The van der Waals surface area contributed by atoms with Gasteiger partial charge in [-0.15, -0.1) is 0 Å². The second-order valence-corrected chi connectivity index (χ2v) is 8.50. The van der Waals surface area contributed by atoms with E-state index in [-0.39, 0.29) is 5.41 Å². The highest BCUT2D eigenvalue weighted by molar-refractivity contribution is 5.97. The van der Waals surface area contributed by atoms with Gasteiger partial charge in [0.25, 0.3) is 0 Å². The molecule has 4 aliphatic carbocycles. The number of hydrogen-bond acceptors (Lipinski definition) is 1. The first-order chi connectivity index (χ1) is 9.56.